The lowest BCUT2D eigenvalue weighted by atomic mass is 9.97. The fourth-order valence-corrected chi connectivity index (χ4v) is 2.76. The Hall–Kier alpha value is -1.77. The summed E-state index contributed by atoms with van der Waals surface area (Å²) in [5.74, 6) is 0.00891. The third kappa shape index (κ3) is 4.65. The van der Waals surface area contributed by atoms with E-state index in [4.69, 9.17) is 0 Å². The number of aliphatic hydroxyl groups is 1. The molecule has 1 aromatic rings. The van der Waals surface area contributed by atoms with Crippen LogP contribution in [0.1, 0.15) is 38.4 Å². The summed E-state index contributed by atoms with van der Waals surface area (Å²) >= 11 is 0. The van der Waals surface area contributed by atoms with Gasteiger partial charge in [-0.1, -0.05) is 6.92 Å². The second kappa shape index (κ2) is 7.63. The fraction of sp³-hybridized carbons (Fsp3) is 0.750. The molecule has 0 saturated heterocycles. The third-order valence-electron chi connectivity index (χ3n) is 4.38. The standard InChI is InChI=1S/C16H25F3N4O2/c1-3-9-23(11-12-4-5-12)14(24)21-7-6-15(25,16(17,18)19)13-20-8-10-22(13)2/h8,10,12,25H,3-7,9,11H2,1-2H3,(H,21,24). The zero-order valence-electron chi connectivity index (χ0n) is 14.5. The van der Waals surface area contributed by atoms with E-state index >= 15 is 0 Å². The molecule has 1 aliphatic rings. The summed E-state index contributed by atoms with van der Waals surface area (Å²) < 4.78 is 41.3. The van der Waals surface area contributed by atoms with E-state index in [2.05, 4.69) is 10.3 Å². The molecule has 1 unspecified atom stereocenters. The molecule has 1 fully saturated rings. The third-order valence-corrected chi connectivity index (χ3v) is 4.38. The van der Waals surface area contributed by atoms with Gasteiger partial charge in [0.1, 0.15) is 5.82 Å². The minimum Gasteiger partial charge on any atom is -0.374 e. The molecule has 142 valence electrons. The van der Waals surface area contributed by atoms with E-state index < -0.39 is 30.1 Å². The molecule has 1 saturated carbocycles. The van der Waals surface area contributed by atoms with Crippen molar-refractivity contribution in [1.82, 2.24) is 19.8 Å². The Bertz CT molecular complexity index is 586. The molecule has 6 nitrogen and oxygen atoms in total. The number of amides is 2. The van der Waals surface area contributed by atoms with Crippen LogP contribution in [0.2, 0.25) is 0 Å². The number of carbonyl (C=O) groups is 1. The van der Waals surface area contributed by atoms with Crippen LogP contribution in [-0.4, -0.2) is 51.4 Å². The van der Waals surface area contributed by atoms with Crippen LogP contribution in [0.4, 0.5) is 18.0 Å². The van der Waals surface area contributed by atoms with Gasteiger partial charge >= 0.3 is 12.2 Å². The number of rotatable bonds is 8. The Morgan fingerprint density at radius 1 is 1.48 bits per heavy atom. The Labute approximate surface area is 145 Å². The van der Waals surface area contributed by atoms with Crippen LogP contribution >= 0.6 is 0 Å². The second-order valence-corrected chi connectivity index (χ2v) is 6.59. The number of halogens is 3. The van der Waals surface area contributed by atoms with E-state index in [1.54, 1.807) is 4.90 Å². The lowest BCUT2D eigenvalue weighted by Gasteiger charge is -2.30. The molecule has 0 aliphatic heterocycles. The zero-order valence-corrected chi connectivity index (χ0v) is 14.5. The number of hydrogen-bond donors (Lipinski definition) is 2. The summed E-state index contributed by atoms with van der Waals surface area (Å²) in [6.07, 6.45) is -0.113. The van der Waals surface area contributed by atoms with Crippen LogP contribution in [0.15, 0.2) is 12.4 Å². The van der Waals surface area contributed by atoms with Gasteiger partial charge in [-0.2, -0.15) is 13.2 Å². The minimum atomic E-state index is -4.89. The first-order valence-corrected chi connectivity index (χ1v) is 8.48. The normalized spacial score (nSPS) is 17.2. The van der Waals surface area contributed by atoms with Crippen molar-refractivity contribution in [2.45, 2.75) is 44.4 Å². The van der Waals surface area contributed by atoms with E-state index in [1.165, 1.54) is 19.4 Å². The maximum Gasteiger partial charge on any atom is 0.424 e. The van der Waals surface area contributed by atoms with Gasteiger partial charge in [-0.25, -0.2) is 9.78 Å². The summed E-state index contributed by atoms with van der Waals surface area (Å²) in [5, 5.41) is 12.7. The van der Waals surface area contributed by atoms with Gasteiger partial charge in [0, 0.05) is 45.5 Å². The van der Waals surface area contributed by atoms with Crippen molar-refractivity contribution in [1.29, 1.82) is 0 Å². The van der Waals surface area contributed by atoms with Gasteiger partial charge in [0.15, 0.2) is 0 Å². The molecule has 25 heavy (non-hydrogen) atoms. The van der Waals surface area contributed by atoms with E-state index in [9.17, 15) is 23.1 Å². The van der Waals surface area contributed by atoms with Crippen LogP contribution in [-0.2, 0) is 12.6 Å². The van der Waals surface area contributed by atoms with Crippen molar-refractivity contribution in [2.75, 3.05) is 19.6 Å². The van der Waals surface area contributed by atoms with Crippen LogP contribution in [0.25, 0.3) is 0 Å². The second-order valence-electron chi connectivity index (χ2n) is 6.59. The Kier molecular flexibility index (Phi) is 5.97. The number of imidazole rings is 1. The Morgan fingerprint density at radius 3 is 2.64 bits per heavy atom. The average molecular weight is 362 g/mol. The number of aryl methyl sites for hydroxylation is 1. The number of carbonyl (C=O) groups excluding carboxylic acids is 1. The van der Waals surface area contributed by atoms with Crippen molar-refractivity contribution in [3.8, 4) is 0 Å². The van der Waals surface area contributed by atoms with Crippen LogP contribution < -0.4 is 5.32 Å². The van der Waals surface area contributed by atoms with E-state index in [0.717, 1.165) is 23.8 Å². The summed E-state index contributed by atoms with van der Waals surface area (Å²) in [4.78, 5) is 17.5. The van der Waals surface area contributed by atoms with Gasteiger partial charge in [0.05, 0.1) is 0 Å². The summed E-state index contributed by atoms with van der Waals surface area (Å²) in [6.45, 7) is 2.83. The predicted octanol–water partition coefficient (Wildman–Crippen LogP) is 2.39. The molecule has 0 bridgehead atoms. The van der Waals surface area contributed by atoms with Crippen LogP contribution in [0.5, 0.6) is 0 Å². The Morgan fingerprint density at radius 2 is 2.16 bits per heavy atom. The fourth-order valence-electron chi connectivity index (χ4n) is 2.76. The number of hydrogen-bond acceptors (Lipinski definition) is 3. The van der Waals surface area contributed by atoms with E-state index in [-0.39, 0.29) is 6.54 Å². The number of nitrogens with zero attached hydrogens (tertiary/aromatic N) is 3. The van der Waals surface area contributed by atoms with Crippen molar-refractivity contribution in [2.24, 2.45) is 13.0 Å². The summed E-state index contributed by atoms with van der Waals surface area (Å²) in [5.41, 5.74) is -3.11. The molecule has 1 heterocycles. The van der Waals surface area contributed by atoms with Gasteiger partial charge in [-0.05, 0) is 25.2 Å². The van der Waals surface area contributed by atoms with Gasteiger partial charge < -0.3 is 19.9 Å². The van der Waals surface area contributed by atoms with Crippen molar-refractivity contribution >= 4 is 6.03 Å². The first-order valence-electron chi connectivity index (χ1n) is 8.48. The van der Waals surface area contributed by atoms with Gasteiger partial charge in [0.25, 0.3) is 0 Å². The largest absolute Gasteiger partial charge is 0.424 e. The molecule has 2 rings (SSSR count). The SMILES string of the molecule is CCCN(CC1CC1)C(=O)NCCC(O)(c1nccn1C)C(F)(F)F. The molecule has 1 atom stereocenters. The number of urea groups is 1. The summed E-state index contributed by atoms with van der Waals surface area (Å²) in [6, 6.07) is -0.391. The first kappa shape index (κ1) is 19.6. The van der Waals surface area contributed by atoms with Crippen molar-refractivity contribution in [3.63, 3.8) is 0 Å². The highest BCUT2D eigenvalue weighted by Gasteiger charge is 2.57. The molecular weight excluding hydrogens is 337 g/mol. The van der Waals surface area contributed by atoms with Gasteiger partial charge in [0.2, 0.25) is 5.60 Å². The lowest BCUT2D eigenvalue weighted by Crippen LogP contribution is -2.48. The average Bonchev–Trinajstić information content (AvgIpc) is 3.24. The van der Waals surface area contributed by atoms with E-state index in [1.807, 2.05) is 6.92 Å². The molecule has 2 N–H and O–H groups in total. The lowest BCUT2D eigenvalue weighted by molar-refractivity contribution is -0.272. The number of alkyl halides is 3. The quantitative estimate of drug-likeness (QED) is 0.746. The topological polar surface area (TPSA) is 70.4 Å². The predicted molar refractivity (Wildman–Crippen MR) is 85.8 cm³/mol. The molecule has 1 aromatic heterocycles. The van der Waals surface area contributed by atoms with E-state index in [0.29, 0.717) is 19.0 Å². The molecule has 0 radical (unpaired) electrons. The smallest absolute Gasteiger partial charge is 0.374 e. The highest BCUT2D eigenvalue weighted by Crippen LogP contribution is 2.40. The maximum absolute atomic E-state index is 13.4. The number of aromatic nitrogens is 2. The van der Waals surface area contributed by atoms with Gasteiger partial charge in [-0.15, -0.1) is 0 Å². The zero-order chi connectivity index (χ0) is 18.7. The maximum atomic E-state index is 13.4. The molecule has 1 aliphatic carbocycles. The molecule has 0 aromatic carbocycles. The van der Waals surface area contributed by atoms with Crippen LogP contribution in [0.3, 0.4) is 0 Å². The number of nitrogens with one attached hydrogen (secondary N) is 1. The van der Waals surface area contributed by atoms with Crippen LogP contribution in [0, 0.1) is 5.92 Å². The summed E-state index contributed by atoms with van der Waals surface area (Å²) in [7, 11) is 1.39. The monoisotopic (exact) mass is 362 g/mol. The molecule has 9 heteroatoms. The van der Waals surface area contributed by atoms with Crippen molar-refractivity contribution in [3.05, 3.63) is 18.2 Å². The van der Waals surface area contributed by atoms with Gasteiger partial charge in [-0.3, -0.25) is 0 Å². The molecule has 2 amide bonds. The Balaban J connectivity index is 1.98. The highest BCUT2D eigenvalue weighted by molar-refractivity contribution is 5.74. The first-order chi connectivity index (χ1) is 11.7. The molecule has 0 spiro atoms. The molecular formula is C16H25F3N4O2. The minimum absolute atomic E-state index is 0.299. The van der Waals surface area contributed by atoms with Crippen molar-refractivity contribution < 1.29 is 23.1 Å². The highest BCUT2D eigenvalue weighted by atomic mass is 19.4.